The van der Waals surface area contributed by atoms with E-state index in [0.29, 0.717) is 11.3 Å². The van der Waals surface area contributed by atoms with E-state index in [1.807, 2.05) is 74.5 Å². The summed E-state index contributed by atoms with van der Waals surface area (Å²) in [7, 11) is 0. The van der Waals surface area contributed by atoms with Gasteiger partial charge in [-0.1, -0.05) is 60.7 Å². The van der Waals surface area contributed by atoms with Gasteiger partial charge in [0.2, 0.25) is 5.91 Å². The third-order valence-corrected chi connectivity index (χ3v) is 6.86. The number of amides is 2. The molecule has 8 nitrogen and oxygen atoms in total. The zero-order chi connectivity index (χ0) is 24.2. The van der Waals surface area contributed by atoms with Crippen LogP contribution >= 0.6 is 11.8 Å². The summed E-state index contributed by atoms with van der Waals surface area (Å²) in [5.41, 5.74) is 8.16. The molecule has 9 heteroatoms. The molecule has 2 aromatic carbocycles. The quantitative estimate of drug-likeness (QED) is 0.462. The first-order chi connectivity index (χ1) is 16.4. The van der Waals surface area contributed by atoms with Gasteiger partial charge in [-0.3, -0.25) is 9.69 Å². The SMILES string of the molecule is CC(C)NC(=O)OCC1=C(C(=O)OC(c2ccccc2)c2ccccc2)N2C(=O)[C@@H](N)[C@H]2SC1. The Morgan fingerprint density at radius 1 is 1.09 bits per heavy atom. The second-order valence-electron chi connectivity index (χ2n) is 8.37. The van der Waals surface area contributed by atoms with Gasteiger partial charge in [-0.25, -0.2) is 9.59 Å². The van der Waals surface area contributed by atoms with Gasteiger partial charge in [0.25, 0.3) is 0 Å². The van der Waals surface area contributed by atoms with E-state index in [2.05, 4.69) is 5.32 Å². The highest BCUT2D eigenvalue weighted by Crippen LogP contribution is 2.40. The maximum absolute atomic E-state index is 13.5. The van der Waals surface area contributed by atoms with E-state index in [1.54, 1.807) is 0 Å². The van der Waals surface area contributed by atoms with Crippen molar-refractivity contribution in [2.75, 3.05) is 12.4 Å². The van der Waals surface area contributed by atoms with Gasteiger partial charge >= 0.3 is 12.1 Å². The van der Waals surface area contributed by atoms with Gasteiger partial charge in [0.05, 0.1) is 0 Å². The van der Waals surface area contributed by atoms with Crippen molar-refractivity contribution in [3.05, 3.63) is 83.1 Å². The van der Waals surface area contributed by atoms with E-state index >= 15 is 0 Å². The molecule has 2 aliphatic heterocycles. The monoisotopic (exact) mass is 481 g/mol. The van der Waals surface area contributed by atoms with Gasteiger partial charge < -0.3 is 20.5 Å². The summed E-state index contributed by atoms with van der Waals surface area (Å²) in [6.45, 7) is 3.50. The lowest BCUT2D eigenvalue weighted by molar-refractivity contribution is -0.153. The molecule has 2 amide bonds. The number of hydrogen-bond acceptors (Lipinski definition) is 7. The Labute approximate surface area is 202 Å². The minimum atomic E-state index is -0.682. The lowest BCUT2D eigenvalue weighted by Crippen LogP contribution is -2.68. The van der Waals surface area contributed by atoms with Crippen molar-refractivity contribution in [3.8, 4) is 0 Å². The number of nitrogens with two attached hydrogens (primary N) is 1. The Bertz CT molecular complexity index is 1050. The minimum absolute atomic E-state index is 0.0940. The molecule has 0 aliphatic carbocycles. The van der Waals surface area contributed by atoms with E-state index in [4.69, 9.17) is 15.2 Å². The molecule has 0 bridgehead atoms. The molecule has 34 heavy (non-hydrogen) atoms. The van der Waals surface area contributed by atoms with E-state index in [1.165, 1.54) is 16.7 Å². The first kappa shape index (κ1) is 23.8. The van der Waals surface area contributed by atoms with Crippen molar-refractivity contribution in [2.45, 2.75) is 37.4 Å². The van der Waals surface area contributed by atoms with Crippen LogP contribution in [0.25, 0.3) is 0 Å². The van der Waals surface area contributed by atoms with Crippen molar-refractivity contribution in [1.29, 1.82) is 0 Å². The van der Waals surface area contributed by atoms with Crippen molar-refractivity contribution >= 4 is 29.7 Å². The van der Waals surface area contributed by atoms with Crippen LogP contribution in [0.3, 0.4) is 0 Å². The number of rotatable bonds is 7. The fraction of sp³-hybridized carbons (Fsp3) is 0.320. The molecule has 0 spiro atoms. The van der Waals surface area contributed by atoms with Crippen LogP contribution in [0.5, 0.6) is 0 Å². The second kappa shape index (κ2) is 10.3. The summed E-state index contributed by atoms with van der Waals surface area (Å²) in [4.78, 5) is 39.5. The maximum atomic E-state index is 13.5. The van der Waals surface area contributed by atoms with Crippen LogP contribution in [0, 0.1) is 0 Å². The Morgan fingerprint density at radius 3 is 2.24 bits per heavy atom. The van der Waals surface area contributed by atoms with Crippen LogP contribution < -0.4 is 11.1 Å². The number of β-lactam (4-membered cyclic amide) rings is 1. The number of carbonyl (C=O) groups excluding carboxylic acids is 3. The number of hydrogen-bond donors (Lipinski definition) is 2. The van der Waals surface area contributed by atoms with E-state index in [9.17, 15) is 14.4 Å². The average Bonchev–Trinajstić information content (AvgIpc) is 2.85. The van der Waals surface area contributed by atoms with Crippen LogP contribution in [0.4, 0.5) is 4.79 Å². The largest absolute Gasteiger partial charge is 0.448 e. The van der Waals surface area contributed by atoms with Crippen molar-refractivity contribution in [3.63, 3.8) is 0 Å². The molecule has 1 saturated heterocycles. The smallest absolute Gasteiger partial charge is 0.407 e. The molecule has 2 aromatic rings. The maximum Gasteiger partial charge on any atom is 0.407 e. The third-order valence-electron chi connectivity index (χ3n) is 5.50. The van der Waals surface area contributed by atoms with Crippen LogP contribution in [-0.2, 0) is 19.1 Å². The van der Waals surface area contributed by atoms with Gasteiger partial charge in [0.1, 0.15) is 23.7 Å². The highest BCUT2D eigenvalue weighted by molar-refractivity contribution is 8.00. The summed E-state index contributed by atoms with van der Waals surface area (Å²) in [6.07, 6.45) is -1.27. The Balaban J connectivity index is 1.64. The van der Waals surface area contributed by atoms with E-state index in [0.717, 1.165) is 11.1 Å². The molecule has 3 N–H and O–H groups in total. The number of fused-ring (bicyclic) bond motifs is 1. The van der Waals surface area contributed by atoms with Gasteiger partial charge in [0.15, 0.2) is 6.10 Å². The van der Waals surface area contributed by atoms with Gasteiger partial charge in [-0.15, -0.1) is 11.8 Å². The summed E-state index contributed by atoms with van der Waals surface area (Å²) >= 11 is 1.43. The predicted octanol–water partition coefficient (Wildman–Crippen LogP) is 2.95. The normalized spacial score (nSPS) is 19.6. The summed E-state index contributed by atoms with van der Waals surface area (Å²) < 4.78 is 11.3. The molecule has 0 radical (unpaired) electrons. The van der Waals surface area contributed by atoms with Crippen LogP contribution in [0.1, 0.15) is 31.1 Å². The molecular weight excluding hydrogens is 454 g/mol. The van der Waals surface area contributed by atoms with Crippen molar-refractivity contribution in [1.82, 2.24) is 10.2 Å². The second-order valence-corrected chi connectivity index (χ2v) is 9.47. The topological polar surface area (TPSA) is 111 Å². The number of esters is 1. The molecule has 1 fully saturated rings. The number of thioether (sulfide) groups is 1. The molecular formula is C25H27N3O5S. The van der Waals surface area contributed by atoms with Gasteiger partial charge in [0, 0.05) is 17.4 Å². The van der Waals surface area contributed by atoms with Gasteiger partial charge in [-0.05, 0) is 25.0 Å². The molecule has 4 rings (SSSR count). The zero-order valence-corrected chi connectivity index (χ0v) is 19.8. The highest BCUT2D eigenvalue weighted by atomic mass is 32.2. The van der Waals surface area contributed by atoms with Crippen molar-refractivity contribution in [2.24, 2.45) is 5.73 Å². The number of carbonyl (C=O) groups is 3. The number of nitrogens with one attached hydrogen (secondary N) is 1. The molecule has 2 heterocycles. The standard InChI is InChI=1S/C25H27N3O5S/c1-15(2)27-25(31)32-13-18-14-34-23-19(26)22(29)28(23)20(18)24(30)33-21(16-9-5-3-6-10-16)17-11-7-4-8-12-17/h3-12,15,19,21,23H,13-14,26H2,1-2H3,(H,27,31)/t19-,23-/m1/s1. The highest BCUT2D eigenvalue weighted by Gasteiger charge is 2.52. The van der Waals surface area contributed by atoms with Crippen LogP contribution in [-0.4, -0.2) is 52.7 Å². The van der Waals surface area contributed by atoms with Gasteiger partial charge in [-0.2, -0.15) is 0 Å². The molecule has 178 valence electrons. The Hall–Kier alpha value is -3.30. The predicted molar refractivity (Wildman–Crippen MR) is 129 cm³/mol. The van der Waals surface area contributed by atoms with Crippen molar-refractivity contribution < 1.29 is 23.9 Å². The summed E-state index contributed by atoms with van der Waals surface area (Å²) in [5, 5.41) is 2.29. The van der Waals surface area contributed by atoms with E-state index < -0.39 is 24.2 Å². The third kappa shape index (κ3) is 4.95. The summed E-state index contributed by atoms with van der Waals surface area (Å²) in [5.74, 6) is -0.626. The molecule has 0 saturated carbocycles. The molecule has 2 aliphatic rings. The Morgan fingerprint density at radius 2 is 1.68 bits per heavy atom. The van der Waals surface area contributed by atoms with Crippen LogP contribution in [0.15, 0.2) is 71.9 Å². The lowest BCUT2D eigenvalue weighted by atomic mass is 10.0. The number of ether oxygens (including phenoxy) is 2. The fourth-order valence-electron chi connectivity index (χ4n) is 3.86. The zero-order valence-electron chi connectivity index (χ0n) is 19.0. The number of benzene rings is 2. The van der Waals surface area contributed by atoms with E-state index in [-0.39, 0.29) is 29.6 Å². The minimum Gasteiger partial charge on any atom is -0.448 e. The first-order valence-corrected chi connectivity index (χ1v) is 12.1. The number of nitrogens with zero attached hydrogens (tertiary/aromatic N) is 1. The molecule has 0 unspecified atom stereocenters. The molecule has 2 atom stereocenters. The summed E-state index contributed by atoms with van der Waals surface area (Å²) in [6, 6.07) is 18.0. The average molecular weight is 482 g/mol. The van der Waals surface area contributed by atoms with Crippen LogP contribution in [0.2, 0.25) is 0 Å². The number of alkyl carbamates (subject to hydrolysis) is 1. The fourth-order valence-corrected chi connectivity index (χ4v) is 5.13. The Kier molecular flexibility index (Phi) is 7.23. The molecule has 0 aromatic heterocycles. The lowest BCUT2D eigenvalue weighted by Gasteiger charge is -2.48. The first-order valence-electron chi connectivity index (χ1n) is 11.0.